The number of rotatable bonds is 3. The van der Waals surface area contributed by atoms with Crippen LogP contribution in [0.2, 0.25) is 5.02 Å². The monoisotopic (exact) mass is 337 g/mol. The van der Waals surface area contributed by atoms with Gasteiger partial charge < -0.3 is 10.4 Å². The first-order valence-electron chi connectivity index (χ1n) is 7.39. The van der Waals surface area contributed by atoms with Gasteiger partial charge in [0.2, 0.25) is 0 Å². The van der Waals surface area contributed by atoms with Crippen LogP contribution < -0.4 is 5.32 Å². The van der Waals surface area contributed by atoms with Crippen LogP contribution in [0, 0.1) is 6.92 Å². The molecule has 0 saturated heterocycles. The molecule has 22 heavy (non-hydrogen) atoms. The molecule has 3 rings (SSSR count). The first-order valence-corrected chi connectivity index (χ1v) is 8.71. The van der Waals surface area contributed by atoms with Crippen molar-refractivity contribution in [2.24, 2.45) is 7.05 Å². The molecule has 1 aliphatic heterocycles. The third-order valence-corrected chi connectivity index (χ3v) is 5.80. The second-order valence-electron chi connectivity index (χ2n) is 5.55. The van der Waals surface area contributed by atoms with E-state index in [2.05, 4.69) is 29.5 Å². The summed E-state index contributed by atoms with van der Waals surface area (Å²) in [7, 11) is 1.97. The van der Waals surface area contributed by atoms with Crippen LogP contribution in [0.15, 0.2) is 24.3 Å². The summed E-state index contributed by atoms with van der Waals surface area (Å²) in [4.78, 5) is 0. The number of nitrogens with zero attached hydrogens (tertiary/aromatic N) is 2. The topological polar surface area (TPSA) is 50.1 Å². The summed E-state index contributed by atoms with van der Waals surface area (Å²) in [6.45, 7) is 3.10. The third kappa shape index (κ3) is 2.98. The van der Waals surface area contributed by atoms with Crippen LogP contribution in [0.3, 0.4) is 0 Å². The first kappa shape index (κ1) is 15.7. The number of halogens is 1. The molecular formula is C16H20ClN3OS. The molecule has 4 nitrogen and oxygen atoms in total. The van der Waals surface area contributed by atoms with Gasteiger partial charge in [-0.25, -0.2) is 0 Å². The number of aliphatic hydroxyl groups is 1. The minimum atomic E-state index is 0.201. The molecule has 6 heteroatoms. The number of thioether (sulfide) groups is 1. The minimum Gasteiger partial charge on any atom is -0.396 e. The van der Waals surface area contributed by atoms with Crippen LogP contribution in [0.5, 0.6) is 0 Å². The van der Waals surface area contributed by atoms with Gasteiger partial charge in [0.15, 0.2) is 0 Å². The van der Waals surface area contributed by atoms with Crippen molar-refractivity contribution < 1.29 is 5.11 Å². The molecule has 0 bridgehead atoms. The molecule has 1 aromatic carbocycles. The lowest BCUT2D eigenvalue weighted by molar-refractivity contribution is 0.288. The predicted octanol–water partition coefficient (Wildman–Crippen LogP) is 3.38. The van der Waals surface area contributed by atoms with Crippen LogP contribution in [-0.4, -0.2) is 33.3 Å². The lowest BCUT2D eigenvalue weighted by Crippen LogP contribution is -2.18. The number of anilines is 1. The SMILES string of the molecule is Cc1nn(C)c2c1C(c1ccc(Cl)cc1)SC(CCO)CN2. The normalized spacial score (nSPS) is 21.1. The zero-order valence-corrected chi connectivity index (χ0v) is 14.3. The Morgan fingerprint density at radius 3 is 2.82 bits per heavy atom. The molecule has 0 amide bonds. The number of benzene rings is 1. The summed E-state index contributed by atoms with van der Waals surface area (Å²) in [6, 6.07) is 8.03. The molecule has 2 heterocycles. The minimum absolute atomic E-state index is 0.201. The van der Waals surface area contributed by atoms with Gasteiger partial charge in [-0.2, -0.15) is 5.10 Å². The van der Waals surface area contributed by atoms with Crippen molar-refractivity contribution in [2.45, 2.75) is 23.8 Å². The van der Waals surface area contributed by atoms with E-state index in [0.717, 1.165) is 29.5 Å². The van der Waals surface area contributed by atoms with E-state index >= 15 is 0 Å². The van der Waals surface area contributed by atoms with Gasteiger partial charge in [-0.1, -0.05) is 23.7 Å². The average Bonchev–Trinajstić information content (AvgIpc) is 2.67. The fourth-order valence-corrected chi connectivity index (χ4v) is 4.58. The van der Waals surface area contributed by atoms with Crippen molar-refractivity contribution in [3.05, 3.63) is 46.1 Å². The standard InChI is InChI=1S/C16H20ClN3OS/c1-10-14-15(11-3-5-12(17)6-4-11)22-13(7-8-21)9-18-16(14)20(2)19-10/h3-6,13,15,18,21H,7-9H2,1-2H3. The molecular weight excluding hydrogens is 318 g/mol. The highest BCUT2D eigenvalue weighted by Gasteiger charge is 2.30. The van der Waals surface area contributed by atoms with Crippen LogP contribution in [0.25, 0.3) is 0 Å². The lowest BCUT2D eigenvalue weighted by atomic mass is 10.0. The summed E-state index contributed by atoms with van der Waals surface area (Å²) in [5.41, 5.74) is 3.50. The summed E-state index contributed by atoms with van der Waals surface area (Å²) in [5.74, 6) is 1.07. The Hall–Kier alpha value is -1.17. The van der Waals surface area contributed by atoms with Gasteiger partial charge in [-0.3, -0.25) is 4.68 Å². The van der Waals surface area contributed by atoms with E-state index in [-0.39, 0.29) is 11.9 Å². The van der Waals surface area contributed by atoms with Crippen LogP contribution in [-0.2, 0) is 7.05 Å². The highest BCUT2D eigenvalue weighted by molar-refractivity contribution is 8.00. The zero-order chi connectivity index (χ0) is 15.7. The molecule has 1 aromatic heterocycles. The van der Waals surface area contributed by atoms with Crippen molar-refractivity contribution in [1.29, 1.82) is 0 Å². The van der Waals surface area contributed by atoms with Gasteiger partial charge in [-0.15, -0.1) is 11.8 Å². The van der Waals surface area contributed by atoms with Crippen molar-refractivity contribution >= 4 is 29.2 Å². The van der Waals surface area contributed by atoms with E-state index < -0.39 is 0 Å². The van der Waals surface area contributed by atoms with E-state index in [0.29, 0.717) is 5.25 Å². The Kier molecular flexibility index (Phi) is 4.66. The number of hydrogen-bond donors (Lipinski definition) is 2. The average molecular weight is 338 g/mol. The van der Waals surface area contributed by atoms with Crippen molar-refractivity contribution in [1.82, 2.24) is 9.78 Å². The molecule has 0 saturated carbocycles. The van der Waals surface area contributed by atoms with E-state index in [9.17, 15) is 5.11 Å². The number of fused-ring (bicyclic) bond motifs is 1. The van der Waals surface area contributed by atoms with E-state index in [1.807, 2.05) is 35.6 Å². The molecule has 2 N–H and O–H groups in total. The fourth-order valence-electron chi connectivity index (χ4n) is 2.91. The highest BCUT2D eigenvalue weighted by Crippen LogP contribution is 2.45. The van der Waals surface area contributed by atoms with Gasteiger partial charge in [0, 0.05) is 36.0 Å². The number of nitrogens with one attached hydrogen (secondary N) is 1. The molecule has 0 aliphatic carbocycles. The molecule has 2 unspecified atom stereocenters. The Labute approximate surface area is 139 Å². The third-order valence-electron chi connectivity index (χ3n) is 3.98. The molecule has 0 radical (unpaired) electrons. The first-order chi connectivity index (χ1) is 10.6. The second kappa shape index (κ2) is 6.52. The Bertz CT molecular complexity index is 656. The summed E-state index contributed by atoms with van der Waals surface area (Å²) < 4.78 is 1.91. The number of aromatic nitrogens is 2. The highest BCUT2D eigenvalue weighted by atomic mass is 35.5. The maximum Gasteiger partial charge on any atom is 0.128 e. The van der Waals surface area contributed by atoms with Crippen LogP contribution in [0.4, 0.5) is 5.82 Å². The fraction of sp³-hybridized carbons (Fsp3) is 0.438. The quantitative estimate of drug-likeness (QED) is 0.901. The zero-order valence-electron chi connectivity index (χ0n) is 12.7. The van der Waals surface area contributed by atoms with Gasteiger partial charge in [-0.05, 0) is 31.0 Å². The Balaban J connectivity index is 2.05. The van der Waals surface area contributed by atoms with E-state index in [1.165, 1.54) is 11.1 Å². The Morgan fingerprint density at radius 1 is 1.41 bits per heavy atom. The molecule has 2 aromatic rings. The maximum absolute atomic E-state index is 9.30. The number of hydrogen-bond acceptors (Lipinski definition) is 4. The van der Waals surface area contributed by atoms with Crippen molar-refractivity contribution in [2.75, 3.05) is 18.5 Å². The van der Waals surface area contributed by atoms with Gasteiger partial charge in [0.25, 0.3) is 0 Å². The van der Waals surface area contributed by atoms with E-state index in [4.69, 9.17) is 11.6 Å². The van der Waals surface area contributed by atoms with Crippen LogP contribution in [0.1, 0.15) is 28.5 Å². The Morgan fingerprint density at radius 2 is 2.14 bits per heavy atom. The molecule has 0 fully saturated rings. The summed E-state index contributed by atoms with van der Waals surface area (Å²) in [6.07, 6.45) is 0.780. The smallest absolute Gasteiger partial charge is 0.128 e. The van der Waals surface area contributed by atoms with Gasteiger partial charge in [0.05, 0.1) is 10.9 Å². The number of aliphatic hydroxyl groups excluding tert-OH is 1. The van der Waals surface area contributed by atoms with E-state index in [1.54, 1.807) is 0 Å². The second-order valence-corrected chi connectivity index (χ2v) is 7.40. The predicted molar refractivity (Wildman–Crippen MR) is 92.8 cm³/mol. The van der Waals surface area contributed by atoms with Crippen molar-refractivity contribution in [3.8, 4) is 0 Å². The molecule has 1 aliphatic rings. The summed E-state index contributed by atoms with van der Waals surface area (Å²) >= 11 is 7.92. The molecule has 2 atom stereocenters. The largest absolute Gasteiger partial charge is 0.396 e. The van der Waals surface area contributed by atoms with Gasteiger partial charge in [0.1, 0.15) is 5.82 Å². The lowest BCUT2D eigenvalue weighted by Gasteiger charge is -2.20. The molecule has 118 valence electrons. The maximum atomic E-state index is 9.30. The van der Waals surface area contributed by atoms with Crippen LogP contribution >= 0.6 is 23.4 Å². The number of aryl methyl sites for hydroxylation is 2. The van der Waals surface area contributed by atoms with Crippen molar-refractivity contribution in [3.63, 3.8) is 0 Å². The van der Waals surface area contributed by atoms with Gasteiger partial charge >= 0.3 is 0 Å². The summed E-state index contributed by atoms with van der Waals surface area (Å²) in [5, 5.41) is 18.7. The molecule has 0 spiro atoms.